The highest BCUT2D eigenvalue weighted by atomic mass is 32.1. The highest BCUT2D eigenvalue weighted by molar-refractivity contribution is 7.13. The topological polar surface area (TPSA) is 119 Å². The SMILES string of the molecule is CCCCC(NC(=O)COc1cc2occ(-c3nc(C)cs3)c(=O)c2cc1CC)C(=O)O. The fourth-order valence-corrected chi connectivity index (χ4v) is 4.08. The summed E-state index contributed by atoms with van der Waals surface area (Å²) in [6, 6.07) is 2.35. The van der Waals surface area contributed by atoms with Crippen LogP contribution in [0.25, 0.3) is 21.5 Å². The molecule has 1 atom stereocenters. The highest BCUT2D eigenvalue weighted by Gasteiger charge is 2.20. The summed E-state index contributed by atoms with van der Waals surface area (Å²) in [5.41, 5.74) is 2.13. The summed E-state index contributed by atoms with van der Waals surface area (Å²) in [5, 5.41) is 14.6. The second kappa shape index (κ2) is 10.4. The predicted molar refractivity (Wildman–Crippen MR) is 122 cm³/mol. The third-order valence-corrected chi connectivity index (χ3v) is 6.02. The minimum absolute atomic E-state index is 0.181. The Morgan fingerprint density at radius 3 is 2.72 bits per heavy atom. The van der Waals surface area contributed by atoms with Gasteiger partial charge in [0.1, 0.15) is 28.6 Å². The number of aryl methyl sites for hydroxylation is 2. The van der Waals surface area contributed by atoms with Crippen molar-refractivity contribution in [2.75, 3.05) is 6.61 Å². The number of unbranched alkanes of at least 4 members (excludes halogenated alkanes) is 1. The van der Waals surface area contributed by atoms with E-state index in [0.29, 0.717) is 46.6 Å². The highest BCUT2D eigenvalue weighted by Crippen LogP contribution is 2.28. The van der Waals surface area contributed by atoms with E-state index >= 15 is 0 Å². The molecule has 0 aliphatic heterocycles. The number of aliphatic carboxylic acids is 1. The van der Waals surface area contributed by atoms with Crippen LogP contribution in [0.3, 0.4) is 0 Å². The Hall–Kier alpha value is -3.20. The minimum atomic E-state index is -1.07. The van der Waals surface area contributed by atoms with Crippen LogP contribution in [-0.4, -0.2) is 34.6 Å². The molecule has 0 spiro atoms. The van der Waals surface area contributed by atoms with Crippen molar-refractivity contribution in [1.82, 2.24) is 10.3 Å². The maximum absolute atomic E-state index is 13.0. The lowest BCUT2D eigenvalue weighted by Crippen LogP contribution is -2.42. The Kier molecular flexibility index (Phi) is 7.63. The number of hydrogen-bond acceptors (Lipinski definition) is 7. The lowest BCUT2D eigenvalue weighted by atomic mass is 10.1. The normalized spacial score (nSPS) is 12.0. The number of carbonyl (C=O) groups excluding carboxylic acids is 1. The number of amides is 1. The number of nitrogens with zero attached hydrogens (tertiary/aromatic N) is 1. The molecule has 2 heterocycles. The van der Waals surface area contributed by atoms with Crippen molar-refractivity contribution < 1.29 is 23.8 Å². The van der Waals surface area contributed by atoms with Crippen molar-refractivity contribution in [2.45, 2.75) is 52.5 Å². The van der Waals surface area contributed by atoms with Gasteiger partial charge in [0.15, 0.2) is 6.61 Å². The summed E-state index contributed by atoms with van der Waals surface area (Å²) in [4.78, 5) is 40.9. The number of ether oxygens (including phenoxy) is 1. The molecule has 8 nitrogen and oxygen atoms in total. The third kappa shape index (κ3) is 5.34. The first-order chi connectivity index (χ1) is 15.3. The number of hydrogen-bond donors (Lipinski definition) is 2. The van der Waals surface area contributed by atoms with Gasteiger partial charge in [-0.05, 0) is 31.4 Å². The Morgan fingerprint density at radius 1 is 1.31 bits per heavy atom. The van der Waals surface area contributed by atoms with Gasteiger partial charge in [-0.15, -0.1) is 11.3 Å². The van der Waals surface area contributed by atoms with Gasteiger partial charge in [-0.1, -0.05) is 26.7 Å². The number of carboxylic acids is 1. The molecule has 9 heteroatoms. The van der Waals surface area contributed by atoms with Crippen molar-refractivity contribution in [3.63, 3.8) is 0 Å². The molecular weight excluding hydrogens is 432 g/mol. The zero-order valence-electron chi connectivity index (χ0n) is 18.3. The zero-order chi connectivity index (χ0) is 23.3. The third-order valence-electron chi connectivity index (χ3n) is 5.02. The van der Waals surface area contributed by atoms with Gasteiger partial charge < -0.3 is 19.6 Å². The molecule has 3 rings (SSSR count). The van der Waals surface area contributed by atoms with Gasteiger partial charge >= 0.3 is 5.97 Å². The molecule has 0 saturated heterocycles. The fourth-order valence-electron chi connectivity index (χ4n) is 3.28. The molecule has 1 aromatic carbocycles. The molecule has 0 aliphatic rings. The van der Waals surface area contributed by atoms with Gasteiger partial charge in [0.2, 0.25) is 5.43 Å². The first-order valence-electron chi connectivity index (χ1n) is 10.5. The smallest absolute Gasteiger partial charge is 0.326 e. The molecule has 0 saturated carbocycles. The quantitative estimate of drug-likeness (QED) is 0.472. The number of aromatic nitrogens is 1. The van der Waals surface area contributed by atoms with E-state index in [1.807, 2.05) is 26.2 Å². The first-order valence-corrected chi connectivity index (χ1v) is 11.4. The van der Waals surface area contributed by atoms with Crippen LogP contribution in [0.15, 0.2) is 33.0 Å². The molecule has 1 unspecified atom stereocenters. The van der Waals surface area contributed by atoms with Crippen LogP contribution in [0.2, 0.25) is 0 Å². The van der Waals surface area contributed by atoms with E-state index in [1.54, 1.807) is 12.1 Å². The maximum Gasteiger partial charge on any atom is 0.326 e. The molecular formula is C23H26N2O6S. The molecule has 2 aromatic heterocycles. The second-order valence-electron chi connectivity index (χ2n) is 7.47. The summed E-state index contributed by atoms with van der Waals surface area (Å²) in [7, 11) is 0. The van der Waals surface area contributed by atoms with Gasteiger partial charge in [0.25, 0.3) is 5.91 Å². The van der Waals surface area contributed by atoms with Crippen LogP contribution in [0.5, 0.6) is 5.75 Å². The summed E-state index contributed by atoms with van der Waals surface area (Å²) in [6.07, 6.45) is 3.85. The number of carbonyl (C=O) groups is 2. The number of benzene rings is 1. The molecule has 0 aliphatic carbocycles. The van der Waals surface area contributed by atoms with E-state index in [1.165, 1.54) is 17.6 Å². The van der Waals surface area contributed by atoms with Crippen molar-refractivity contribution in [3.8, 4) is 16.3 Å². The van der Waals surface area contributed by atoms with Gasteiger partial charge in [-0.25, -0.2) is 9.78 Å². The molecule has 0 bridgehead atoms. The summed E-state index contributed by atoms with van der Waals surface area (Å²) >= 11 is 1.38. The minimum Gasteiger partial charge on any atom is -0.483 e. The van der Waals surface area contributed by atoms with E-state index < -0.39 is 17.9 Å². The molecule has 0 radical (unpaired) electrons. The van der Waals surface area contributed by atoms with E-state index in [2.05, 4.69) is 10.3 Å². The summed E-state index contributed by atoms with van der Waals surface area (Å²) in [6.45, 7) is 5.39. The van der Waals surface area contributed by atoms with Crippen LogP contribution in [-0.2, 0) is 16.0 Å². The van der Waals surface area contributed by atoms with Crippen LogP contribution in [0.1, 0.15) is 44.4 Å². The number of fused-ring (bicyclic) bond motifs is 1. The molecule has 0 fully saturated rings. The summed E-state index contributed by atoms with van der Waals surface area (Å²) in [5.74, 6) is -1.18. The molecule has 2 N–H and O–H groups in total. The van der Waals surface area contributed by atoms with E-state index in [-0.39, 0.29) is 12.0 Å². The average molecular weight is 459 g/mol. The standard InChI is InChI=1S/C23H26N2O6S/c1-4-6-7-17(23(28)29)25-20(26)11-31-18-9-19-15(8-14(18)5-2)21(27)16(10-30-19)22-24-13(3)12-32-22/h8-10,12,17H,4-7,11H2,1-3H3,(H,25,26)(H,28,29). The van der Waals surface area contributed by atoms with E-state index in [0.717, 1.165) is 17.7 Å². The monoisotopic (exact) mass is 458 g/mol. The number of rotatable bonds is 10. The van der Waals surface area contributed by atoms with Crippen LogP contribution in [0.4, 0.5) is 0 Å². The summed E-state index contributed by atoms with van der Waals surface area (Å²) < 4.78 is 11.3. The zero-order valence-corrected chi connectivity index (χ0v) is 19.1. The van der Waals surface area contributed by atoms with Crippen molar-refractivity contribution in [3.05, 3.63) is 45.3 Å². The Balaban J connectivity index is 1.81. The predicted octanol–water partition coefficient (Wildman–Crippen LogP) is 3.93. The van der Waals surface area contributed by atoms with Crippen molar-refractivity contribution >= 4 is 34.2 Å². The first kappa shape index (κ1) is 23.5. The maximum atomic E-state index is 13.0. The molecule has 1 amide bonds. The van der Waals surface area contributed by atoms with Crippen LogP contribution < -0.4 is 15.5 Å². The Labute approximate surface area is 189 Å². The largest absolute Gasteiger partial charge is 0.483 e. The van der Waals surface area contributed by atoms with Crippen molar-refractivity contribution in [1.29, 1.82) is 0 Å². The Morgan fingerprint density at radius 2 is 2.09 bits per heavy atom. The molecule has 32 heavy (non-hydrogen) atoms. The van der Waals surface area contributed by atoms with Crippen molar-refractivity contribution in [2.24, 2.45) is 0 Å². The number of thiazole rings is 1. The molecule has 3 aromatic rings. The van der Waals surface area contributed by atoms with Gasteiger partial charge in [0, 0.05) is 17.1 Å². The molecule has 170 valence electrons. The average Bonchev–Trinajstić information content (AvgIpc) is 3.20. The van der Waals surface area contributed by atoms with Crippen LogP contribution in [0, 0.1) is 6.92 Å². The van der Waals surface area contributed by atoms with Crippen LogP contribution >= 0.6 is 11.3 Å². The Bertz CT molecular complexity index is 1180. The number of carboxylic acid groups (broad SMARTS) is 1. The second-order valence-corrected chi connectivity index (χ2v) is 8.33. The van der Waals surface area contributed by atoms with E-state index in [4.69, 9.17) is 9.15 Å². The number of nitrogens with one attached hydrogen (secondary N) is 1. The lowest BCUT2D eigenvalue weighted by Gasteiger charge is -2.15. The van der Waals surface area contributed by atoms with Gasteiger partial charge in [0.05, 0.1) is 10.9 Å². The van der Waals surface area contributed by atoms with Gasteiger partial charge in [-0.2, -0.15) is 0 Å². The lowest BCUT2D eigenvalue weighted by molar-refractivity contribution is -0.142. The van der Waals surface area contributed by atoms with E-state index in [9.17, 15) is 19.5 Å². The fraction of sp³-hybridized carbons (Fsp3) is 0.391. The van der Waals surface area contributed by atoms with Gasteiger partial charge in [-0.3, -0.25) is 9.59 Å².